The lowest BCUT2D eigenvalue weighted by Crippen LogP contribution is -2.57. The molecule has 1 saturated heterocycles. The quantitative estimate of drug-likeness (QED) is 0.847. The summed E-state index contributed by atoms with van der Waals surface area (Å²) in [6.45, 7) is 0. The maximum absolute atomic E-state index is 12.6. The number of hydrogen-bond donors (Lipinski definition) is 2. The van der Waals surface area contributed by atoms with Gasteiger partial charge in [-0.15, -0.1) is 11.8 Å². The lowest BCUT2D eigenvalue weighted by molar-refractivity contribution is -0.130. The highest BCUT2D eigenvalue weighted by Gasteiger charge is 2.47. The van der Waals surface area contributed by atoms with Gasteiger partial charge < -0.3 is 10.6 Å². The molecular weight excluding hydrogens is 344 g/mol. The summed E-state index contributed by atoms with van der Waals surface area (Å²) in [7, 11) is 0. The molecule has 3 aliphatic rings. The molecule has 24 heavy (non-hydrogen) atoms. The van der Waals surface area contributed by atoms with Crippen LogP contribution in [0.4, 0.5) is 5.69 Å². The van der Waals surface area contributed by atoms with Crippen LogP contribution in [0.3, 0.4) is 0 Å². The van der Waals surface area contributed by atoms with E-state index in [1.165, 1.54) is 0 Å². The molecule has 126 valence electrons. The Balaban J connectivity index is 1.41. The number of anilines is 1. The maximum Gasteiger partial charge on any atom is 0.228 e. The highest BCUT2D eigenvalue weighted by Crippen LogP contribution is 2.45. The van der Waals surface area contributed by atoms with Crippen LogP contribution in [0.5, 0.6) is 0 Å². The van der Waals surface area contributed by atoms with Crippen LogP contribution in [0.15, 0.2) is 35.7 Å². The Bertz CT molecular complexity index is 691. The smallest absolute Gasteiger partial charge is 0.228 e. The number of thioether (sulfide) groups is 1. The third-order valence-corrected chi connectivity index (χ3v) is 6.84. The van der Waals surface area contributed by atoms with Crippen LogP contribution in [-0.2, 0) is 9.59 Å². The summed E-state index contributed by atoms with van der Waals surface area (Å²) < 4.78 is 0. The summed E-state index contributed by atoms with van der Waals surface area (Å²) >= 11 is 7.65. The van der Waals surface area contributed by atoms with Gasteiger partial charge in [0.1, 0.15) is 0 Å². The predicted molar refractivity (Wildman–Crippen MR) is 96.9 cm³/mol. The molecule has 5 unspecified atom stereocenters. The summed E-state index contributed by atoms with van der Waals surface area (Å²) in [6, 6.07) is 7.25. The second-order valence-electron chi connectivity index (χ2n) is 6.74. The normalized spacial score (nSPS) is 34.2. The van der Waals surface area contributed by atoms with Gasteiger partial charge in [0.2, 0.25) is 11.8 Å². The molecule has 1 aliphatic carbocycles. The standard InChI is InChI=1S/C18H19ClN2O2S/c19-11-2-4-12(5-3-11)20-17(22)10-1-6-13-15(9-10)21-18(23)14-7-8-24-16(13)14/h2-5,7-8,10,13-16H,1,6,9H2,(H,20,22)(H,21,23). The maximum atomic E-state index is 12.6. The molecule has 5 atom stereocenters. The summed E-state index contributed by atoms with van der Waals surface area (Å²) in [6.07, 6.45) is 4.60. The Kier molecular flexibility index (Phi) is 4.31. The molecule has 4 nitrogen and oxygen atoms in total. The van der Waals surface area contributed by atoms with Crippen LogP contribution in [0.2, 0.25) is 5.02 Å². The lowest BCUT2D eigenvalue weighted by atomic mass is 9.71. The van der Waals surface area contributed by atoms with Crippen molar-refractivity contribution >= 4 is 40.9 Å². The fraction of sp³-hybridized carbons (Fsp3) is 0.444. The molecule has 6 heteroatoms. The topological polar surface area (TPSA) is 58.2 Å². The number of piperidine rings is 1. The summed E-state index contributed by atoms with van der Waals surface area (Å²) in [5.74, 6) is 0.562. The first-order chi connectivity index (χ1) is 11.6. The zero-order valence-electron chi connectivity index (χ0n) is 13.1. The van der Waals surface area contributed by atoms with Crippen molar-refractivity contribution < 1.29 is 9.59 Å². The number of carbonyl (C=O) groups excluding carboxylic acids is 2. The minimum absolute atomic E-state index is 0.00990. The highest BCUT2D eigenvalue weighted by atomic mass is 35.5. The minimum atomic E-state index is -0.0573. The zero-order chi connectivity index (χ0) is 16.7. The first kappa shape index (κ1) is 16.0. The molecule has 1 saturated carbocycles. The van der Waals surface area contributed by atoms with E-state index in [0.29, 0.717) is 16.2 Å². The van der Waals surface area contributed by atoms with Gasteiger partial charge in [0.15, 0.2) is 0 Å². The Morgan fingerprint density at radius 1 is 1.25 bits per heavy atom. The van der Waals surface area contributed by atoms with E-state index in [0.717, 1.165) is 24.9 Å². The second-order valence-corrected chi connectivity index (χ2v) is 8.27. The lowest BCUT2D eigenvalue weighted by Gasteiger charge is -2.44. The zero-order valence-corrected chi connectivity index (χ0v) is 14.6. The Labute approximate surface area is 150 Å². The number of hydrogen-bond acceptors (Lipinski definition) is 3. The van der Waals surface area contributed by atoms with Crippen molar-refractivity contribution in [2.45, 2.75) is 30.6 Å². The molecule has 2 heterocycles. The van der Waals surface area contributed by atoms with Gasteiger partial charge >= 0.3 is 0 Å². The fourth-order valence-electron chi connectivity index (χ4n) is 4.07. The van der Waals surface area contributed by atoms with Crippen LogP contribution in [0.25, 0.3) is 0 Å². The predicted octanol–water partition coefficient (Wildman–Crippen LogP) is 3.44. The van der Waals surface area contributed by atoms with Crippen molar-refractivity contribution in [1.82, 2.24) is 5.32 Å². The van der Waals surface area contributed by atoms with Gasteiger partial charge in [0.25, 0.3) is 0 Å². The van der Waals surface area contributed by atoms with E-state index < -0.39 is 0 Å². The van der Waals surface area contributed by atoms with E-state index >= 15 is 0 Å². The van der Waals surface area contributed by atoms with E-state index in [-0.39, 0.29) is 29.7 Å². The van der Waals surface area contributed by atoms with Crippen molar-refractivity contribution in [3.8, 4) is 0 Å². The molecule has 2 aliphatic heterocycles. The highest BCUT2D eigenvalue weighted by molar-refractivity contribution is 8.03. The number of carbonyl (C=O) groups is 2. The third-order valence-electron chi connectivity index (χ3n) is 5.31. The molecule has 2 N–H and O–H groups in total. The number of fused-ring (bicyclic) bond motifs is 3. The molecular formula is C18H19ClN2O2S. The van der Waals surface area contributed by atoms with Crippen LogP contribution in [0, 0.1) is 17.8 Å². The van der Waals surface area contributed by atoms with E-state index in [2.05, 4.69) is 16.0 Å². The van der Waals surface area contributed by atoms with Gasteiger partial charge in [-0.05, 0) is 54.9 Å². The number of rotatable bonds is 2. The second kappa shape index (κ2) is 6.45. The van der Waals surface area contributed by atoms with Crippen LogP contribution < -0.4 is 10.6 Å². The van der Waals surface area contributed by atoms with Gasteiger partial charge in [-0.1, -0.05) is 17.7 Å². The monoisotopic (exact) mass is 362 g/mol. The van der Waals surface area contributed by atoms with Crippen molar-refractivity contribution in [1.29, 1.82) is 0 Å². The van der Waals surface area contributed by atoms with Gasteiger partial charge in [-0.3, -0.25) is 9.59 Å². The van der Waals surface area contributed by atoms with E-state index in [4.69, 9.17) is 11.6 Å². The number of halogens is 1. The number of nitrogens with one attached hydrogen (secondary N) is 2. The van der Waals surface area contributed by atoms with Gasteiger partial charge in [-0.25, -0.2) is 0 Å². The van der Waals surface area contributed by atoms with Gasteiger partial charge in [0.05, 0.1) is 5.92 Å². The molecule has 0 radical (unpaired) electrons. The van der Waals surface area contributed by atoms with Crippen molar-refractivity contribution in [2.24, 2.45) is 17.8 Å². The Hall–Kier alpha value is -1.46. The molecule has 0 aromatic heterocycles. The van der Waals surface area contributed by atoms with Gasteiger partial charge in [0, 0.05) is 27.9 Å². The average molecular weight is 363 g/mol. The largest absolute Gasteiger partial charge is 0.352 e. The molecule has 0 bridgehead atoms. The first-order valence-electron chi connectivity index (χ1n) is 8.31. The van der Waals surface area contributed by atoms with E-state index in [1.54, 1.807) is 36.0 Å². The van der Waals surface area contributed by atoms with E-state index in [1.807, 2.05) is 6.08 Å². The molecule has 0 spiro atoms. The summed E-state index contributed by atoms with van der Waals surface area (Å²) in [5, 5.41) is 9.16. The summed E-state index contributed by atoms with van der Waals surface area (Å²) in [5.41, 5.74) is 0.759. The number of amides is 2. The fourth-order valence-corrected chi connectivity index (χ4v) is 5.55. The molecule has 4 rings (SSSR count). The van der Waals surface area contributed by atoms with Crippen LogP contribution in [-0.4, -0.2) is 23.1 Å². The third kappa shape index (κ3) is 2.95. The molecule has 1 aromatic carbocycles. The Morgan fingerprint density at radius 3 is 2.83 bits per heavy atom. The minimum Gasteiger partial charge on any atom is -0.352 e. The van der Waals surface area contributed by atoms with Crippen LogP contribution in [0.1, 0.15) is 19.3 Å². The Morgan fingerprint density at radius 2 is 2.04 bits per heavy atom. The first-order valence-corrected chi connectivity index (χ1v) is 9.63. The number of benzene rings is 1. The molecule has 1 aromatic rings. The molecule has 2 amide bonds. The van der Waals surface area contributed by atoms with Crippen LogP contribution >= 0.6 is 23.4 Å². The van der Waals surface area contributed by atoms with Crippen molar-refractivity contribution in [3.05, 3.63) is 40.8 Å². The van der Waals surface area contributed by atoms with E-state index in [9.17, 15) is 9.59 Å². The van der Waals surface area contributed by atoms with Gasteiger partial charge in [-0.2, -0.15) is 0 Å². The van der Waals surface area contributed by atoms with Crippen molar-refractivity contribution in [2.75, 3.05) is 5.32 Å². The molecule has 2 fully saturated rings. The average Bonchev–Trinajstić information content (AvgIpc) is 3.07. The van der Waals surface area contributed by atoms with Crippen molar-refractivity contribution in [3.63, 3.8) is 0 Å². The summed E-state index contributed by atoms with van der Waals surface area (Å²) in [4.78, 5) is 24.8. The SMILES string of the molecule is O=C(Nc1ccc(Cl)cc1)C1CCC2C(C1)NC(=O)C1C=CSC12.